The molecule has 0 unspecified atom stereocenters. The molecule has 0 spiro atoms. The first-order valence-electron chi connectivity index (χ1n) is 6.23. The van der Waals surface area contributed by atoms with Crippen LogP contribution in [0.2, 0.25) is 0 Å². The zero-order valence-corrected chi connectivity index (χ0v) is 11.4. The molecule has 0 fully saturated rings. The number of benzene rings is 1. The summed E-state index contributed by atoms with van der Waals surface area (Å²) >= 11 is 0. The molecule has 0 saturated carbocycles. The van der Waals surface area contributed by atoms with E-state index in [0.29, 0.717) is 5.92 Å². The number of anilines is 1. The van der Waals surface area contributed by atoms with Gasteiger partial charge < -0.3 is 5.73 Å². The van der Waals surface area contributed by atoms with Crippen LogP contribution in [0.4, 0.5) is 5.69 Å². The summed E-state index contributed by atoms with van der Waals surface area (Å²) in [4.78, 5) is 4.60. The Bertz CT molecular complexity index is 555. The molecule has 18 heavy (non-hydrogen) atoms. The van der Waals surface area contributed by atoms with Gasteiger partial charge in [0.1, 0.15) is 0 Å². The molecule has 1 heterocycles. The largest absolute Gasteiger partial charge is 0.399 e. The fraction of sp³-hybridized carbons (Fsp3) is 0.429. The fourth-order valence-corrected chi connectivity index (χ4v) is 1.96. The Balaban J connectivity index is 2.38. The van der Waals surface area contributed by atoms with Crippen molar-refractivity contribution in [3.05, 3.63) is 29.6 Å². The highest BCUT2D eigenvalue weighted by atomic mass is 15.3. The molecule has 0 saturated heterocycles. The molecule has 0 radical (unpaired) electrons. The average Bonchev–Trinajstić information content (AvgIpc) is 2.62. The molecule has 2 N–H and O–H groups in total. The predicted molar refractivity (Wildman–Crippen MR) is 74.1 cm³/mol. The van der Waals surface area contributed by atoms with Crippen LogP contribution in [0.3, 0.4) is 0 Å². The van der Waals surface area contributed by atoms with Gasteiger partial charge in [-0.3, -0.25) is 0 Å². The number of rotatable bonds is 3. The molecular weight excluding hydrogens is 224 g/mol. The second kappa shape index (κ2) is 4.80. The minimum absolute atomic E-state index is 0.563. The molecule has 0 bridgehead atoms. The molecule has 0 aliphatic rings. The van der Waals surface area contributed by atoms with E-state index in [1.165, 1.54) is 0 Å². The first-order chi connectivity index (χ1) is 8.47. The number of aryl methyl sites for hydroxylation is 2. The van der Waals surface area contributed by atoms with Crippen LogP contribution in [0.15, 0.2) is 18.2 Å². The molecule has 0 aliphatic carbocycles. The summed E-state index contributed by atoms with van der Waals surface area (Å²) in [6.07, 6.45) is 0.905. The van der Waals surface area contributed by atoms with Gasteiger partial charge in [-0.2, -0.15) is 5.10 Å². The van der Waals surface area contributed by atoms with Crippen molar-refractivity contribution in [2.45, 2.75) is 27.2 Å². The molecule has 1 aromatic carbocycles. The lowest BCUT2D eigenvalue weighted by Gasteiger charge is -2.03. The van der Waals surface area contributed by atoms with Crippen LogP contribution in [0, 0.1) is 12.8 Å². The molecule has 0 aliphatic heterocycles. The van der Waals surface area contributed by atoms with E-state index in [0.717, 1.165) is 34.9 Å². The van der Waals surface area contributed by atoms with E-state index in [-0.39, 0.29) is 0 Å². The summed E-state index contributed by atoms with van der Waals surface area (Å²) in [5, 5.41) is 4.45. The van der Waals surface area contributed by atoms with Crippen molar-refractivity contribution in [3.63, 3.8) is 0 Å². The molecule has 4 nitrogen and oxygen atoms in total. The van der Waals surface area contributed by atoms with Crippen molar-refractivity contribution >= 4 is 5.69 Å². The minimum Gasteiger partial charge on any atom is -0.399 e. The van der Waals surface area contributed by atoms with Crippen LogP contribution < -0.4 is 5.73 Å². The molecule has 1 aromatic heterocycles. The van der Waals surface area contributed by atoms with Crippen molar-refractivity contribution in [2.24, 2.45) is 13.0 Å². The van der Waals surface area contributed by atoms with Crippen LogP contribution in [0.5, 0.6) is 0 Å². The van der Waals surface area contributed by atoms with Gasteiger partial charge in [0.15, 0.2) is 11.6 Å². The first kappa shape index (κ1) is 12.6. The Morgan fingerprint density at radius 1 is 1.33 bits per heavy atom. The number of nitrogens with zero attached hydrogens (tertiary/aromatic N) is 3. The second-order valence-corrected chi connectivity index (χ2v) is 5.14. The SMILES string of the molecule is Cc1cc(-c2nc(CC(C)C)nn2C)ccc1N. The van der Waals surface area contributed by atoms with Crippen LogP contribution >= 0.6 is 0 Å². The van der Waals surface area contributed by atoms with E-state index >= 15 is 0 Å². The van der Waals surface area contributed by atoms with Gasteiger partial charge in [0, 0.05) is 24.7 Å². The lowest BCUT2D eigenvalue weighted by Crippen LogP contribution is -1.98. The summed E-state index contributed by atoms with van der Waals surface area (Å²) in [6, 6.07) is 5.96. The monoisotopic (exact) mass is 244 g/mol. The summed E-state index contributed by atoms with van der Waals surface area (Å²) in [7, 11) is 1.93. The Morgan fingerprint density at radius 2 is 2.06 bits per heavy atom. The first-order valence-corrected chi connectivity index (χ1v) is 6.23. The number of hydrogen-bond donors (Lipinski definition) is 1. The van der Waals surface area contributed by atoms with Gasteiger partial charge in [-0.05, 0) is 36.6 Å². The van der Waals surface area contributed by atoms with Crippen LogP contribution in [0.1, 0.15) is 25.2 Å². The van der Waals surface area contributed by atoms with Gasteiger partial charge in [-0.25, -0.2) is 9.67 Å². The highest BCUT2D eigenvalue weighted by Gasteiger charge is 2.11. The predicted octanol–water partition coefficient (Wildman–Crippen LogP) is 2.57. The highest BCUT2D eigenvalue weighted by molar-refractivity contribution is 5.62. The quantitative estimate of drug-likeness (QED) is 0.844. The van der Waals surface area contributed by atoms with E-state index in [2.05, 4.69) is 30.0 Å². The van der Waals surface area contributed by atoms with E-state index in [9.17, 15) is 0 Å². The lowest BCUT2D eigenvalue weighted by molar-refractivity contribution is 0.613. The molecule has 4 heteroatoms. The minimum atomic E-state index is 0.563. The number of aromatic nitrogens is 3. The Labute approximate surface area is 108 Å². The van der Waals surface area contributed by atoms with Gasteiger partial charge in [-0.1, -0.05) is 13.8 Å². The third-order valence-electron chi connectivity index (χ3n) is 2.93. The van der Waals surface area contributed by atoms with Crippen molar-refractivity contribution in [2.75, 3.05) is 5.73 Å². The zero-order valence-electron chi connectivity index (χ0n) is 11.4. The van der Waals surface area contributed by atoms with Crippen molar-refractivity contribution < 1.29 is 0 Å². The van der Waals surface area contributed by atoms with Gasteiger partial charge in [0.05, 0.1) is 0 Å². The summed E-state index contributed by atoms with van der Waals surface area (Å²) in [5.41, 5.74) is 8.77. The Morgan fingerprint density at radius 3 is 2.67 bits per heavy atom. The average molecular weight is 244 g/mol. The van der Waals surface area contributed by atoms with Gasteiger partial charge in [0.25, 0.3) is 0 Å². The molecule has 2 rings (SSSR count). The standard InChI is InChI=1S/C14H20N4/c1-9(2)7-13-16-14(18(4)17-13)11-5-6-12(15)10(3)8-11/h5-6,8-9H,7,15H2,1-4H3. The van der Waals surface area contributed by atoms with E-state index in [1.807, 2.05) is 30.8 Å². The number of nitrogen functional groups attached to an aromatic ring is 1. The van der Waals surface area contributed by atoms with E-state index < -0.39 is 0 Å². The summed E-state index contributed by atoms with van der Waals surface area (Å²) < 4.78 is 1.84. The van der Waals surface area contributed by atoms with Crippen LogP contribution in [0.25, 0.3) is 11.4 Å². The van der Waals surface area contributed by atoms with Gasteiger partial charge in [0.2, 0.25) is 0 Å². The third-order valence-corrected chi connectivity index (χ3v) is 2.93. The molecule has 2 aromatic rings. The molecular formula is C14H20N4. The Hall–Kier alpha value is -1.84. The maximum absolute atomic E-state index is 5.83. The van der Waals surface area contributed by atoms with Gasteiger partial charge in [-0.15, -0.1) is 0 Å². The lowest BCUT2D eigenvalue weighted by atomic mass is 10.1. The van der Waals surface area contributed by atoms with E-state index in [4.69, 9.17) is 5.73 Å². The molecule has 96 valence electrons. The molecule has 0 amide bonds. The fourth-order valence-electron chi connectivity index (χ4n) is 1.96. The Kier molecular flexibility index (Phi) is 3.36. The van der Waals surface area contributed by atoms with Crippen molar-refractivity contribution in [3.8, 4) is 11.4 Å². The number of hydrogen-bond acceptors (Lipinski definition) is 3. The van der Waals surface area contributed by atoms with Gasteiger partial charge >= 0.3 is 0 Å². The topological polar surface area (TPSA) is 56.7 Å². The van der Waals surface area contributed by atoms with Crippen LogP contribution in [-0.2, 0) is 13.5 Å². The normalized spacial score (nSPS) is 11.2. The van der Waals surface area contributed by atoms with E-state index in [1.54, 1.807) is 0 Å². The smallest absolute Gasteiger partial charge is 0.158 e. The van der Waals surface area contributed by atoms with Crippen molar-refractivity contribution in [1.29, 1.82) is 0 Å². The third kappa shape index (κ3) is 2.53. The zero-order chi connectivity index (χ0) is 13.3. The molecule has 0 atom stereocenters. The maximum atomic E-state index is 5.83. The highest BCUT2D eigenvalue weighted by Crippen LogP contribution is 2.22. The summed E-state index contributed by atoms with van der Waals surface area (Å²) in [5.74, 6) is 2.36. The summed E-state index contributed by atoms with van der Waals surface area (Å²) in [6.45, 7) is 6.34. The van der Waals surface area contributed by atoms with Crippen LogP contribution in [-0.4, -0.2) is 14.8 Å². The maximum Gasteiger partial charge on any atom is 0.158 e. The van der Waals surface area contributed by atoms with Crippen molar-refractivity contribution in [1.82, 2.24) is 14.8 Å². The number of nitrogens with two attached hydrogens (primary N) is 1. The second-order valence-electron chi connectivity index (χ2n) is 5.14.